The van der Waals surface area contributed by atoms with Gasteiger partial charge in [0.05, 0.1) is 6.61 Å². The fourth-order valence-corrected chi connectivity index (χ4v) is 3.33. The van der Waals surface area contributed by atoms with Crippen LogP contribution >= 0.6 is 11.6 Å². The van der Waals surface area contributed by atoms with Crippen molar-refractivity contribution in [2.24, 2.45) is 5.92 Å². The first-order valence-corrected chi connectivity index (χ1v) is 7.94. The molecule has 1 atom stereocenters. The lowest BCUT2D eigenvalue weighted by Gasteiger charge is -2.35. The Morgan fingerprint density at radius 1 is 1.15 bits per heavy atom. The number of hydrogen-bond donors (Lipinski definition) is 0. The maximum atomic E-state index is 6.04. The quantitative estimate of drug-likeness (QED) is 0.848. The molecule has 0 spiro atoms. The van der Waals surface area contributed by atoms with Gasteiger partial charge < -0.3 is 9.64 Å². The van der Waals surface area contributed by atoms with E-state index in [4.69, 9.17) is 16.3 Å². The average Bonchev–Trinajstić information content (AvgIpc) is 2.94. The van der Waals surface area contributed by atoms with Crippen molar-refractivity contribution < 1.29 is 4.74 Å². The van der Waals surface area contributed by atoms with Crippen LogP contribution < -0.4 is 0 Å². The lowest BCUT2D eigenvalue weighted by molar-refractivity contribution is 0.107. The molecule has 2 aliphatic rings. The maximum Gasteiger partial charge on any atom is 0.0507 e. The fourth-order valence-electron chi connectivity index (χ4n) is 3.12. The van der Waals surface area contributed by atoms with Gasteiger partial charge in [0.15, 0.2) is 0 Å². The highest BCUT2D eigenvalue weighted by molar-refractivity contribution is 6.30. The molecule has 0 radical (unpaired) electrons. The van der Waals surface area contributed by atoms with E-state index in [9.17, 15) is 0 Å². The summed E-state index contributed by atoms with van der Waals surface area (Å²) in [6, 6.07) is 8.21. The average molecular weight is 295 g/mol. The van der Waals surface area contributed by atoms with Crippen LogP contribution in [-0.2, 0) is 11.3 Å². The highest BCUT2D eigenvalue weighted by Gasteiger charge is 2.22. The SMILES string of the molecule is Clc1cccc(CN2CCN(CC3CCOC3)CC2)c1. The summed E-state index contributed by atoms with van der Waals surface area (Å²) in [6.07, 6.45) is 1.24. The molecule has 2 aliphatic heterocycles. The van der Waals surface area contributed by atoms with E-state index in [1.807, 2.05) is 12.1 Å². The van der Waals surface area contributed by atoms with E-state index in [1.165, 1.54) is 31.6 Å². The zero-order valence-corrected chi connectivity index (χ0v) is 12.7. The Labute approximate surface area is 126 Å². The standard InChI is InChI=1S/C16H23ClN2O/c17-16-3-1-2-14(10-16)11-18-5-7-19(8-6-18)12-15-4-9-20-13-15/h1-3,10,15H,4-9,11-13H2. The van der Waals surface area contributed by atoms with Crippen molar-refractivity contribution in [3.05, 3.63) is 34.9 Å². The van der Waals surface area contributed by atoms with E-state index in [2.05, 4.69) is 21.9 Å². The summed E-state index contributed by atoms with van der Waals surface area (Å²) in [4.78, 5) is 5.11. The largest absolute Gasteiger partial charge is 0.381 e. The number of piperazine rings is 1. The molecule has 0 aliphatic carbocycles. The number of nitrogens with zero attached hydrogens (tertiary/aromatic N) is 2. The molecule has 1 aromatic rings. The fraction of sp³-hybridized carbons (Fsp3) is 0.625. The van der Waals surface area contributed by atoms with Crippen molar-refractivity contribution in [3.63, 3.8) is 0 Å². The summed E-state index contributed by atoms with van der Waals surface area (Å²) in [7, 11) is 0. The van der Waals surface area contributed by atoms with E-state index in [0.29, 0.717) is 0 Å². The molecular weight excluding hydrogens is 272 g/mol. The molecule has 110 valence electrons. The number of halogens is 1. The van der Waals surface area contributed by atoms with Crippen LogP contribution in [0.4, 0.5) is 0 Å². The minimum Gasteiger partial charge on any atom is -0.381 e. The van der Waals surface area contributed by atoms with Gasteiger partial charge in [-0.2, -0.15) is 0 Å². The van der Waals surface area contributed by atoms with Crippen LogP contribution in [0, 0.1) is 5.92 Å². The molecule has 0 amide bonds. The molecule has 4 heteroatoms. The second-order valence-electron chi connectivity index (χ2n) is 5.94. The minimum atomic E-state index is 0.759. The Morgan fingerprint density at radius 3 is 2.65 bits per heavy atom. The van der Waals surface area contributed by atoms with Gasteiger partial charge in [-0.3, -0.25) is 4.90 Å². The van der Waals surface area contributed by atoms with E-state index in [-0.39, 0.29) is 0 Å². The third-order valence-electron chi connectivity index (χ3n) is 4.30. The second-order valence-corrected chi connectivity index (χ2v) is 6.37. The van der Waals surface area contributed by atoms with E-state index in [0.717, 1.165) is 43.8 Å². The van der Waals surface area contributed by atoms with Gasteiger partial charge in [0.2, 0.25) is 0 Å². The molecular formula is C16H23ClN2O. The van der Waals surface area contributed by atoms with Gasteiger partial charge in [-0.25, -0.2) is 0 Å². The first-order valence-electron chi connectivity index (χ1n) is 7.56. The van der Waals surface area contributed by atoms with E-state index >= 15 is 0 Å². The Kier molecular flexibility index (Phi) is 4.94. The van der Waals surface area contributed by atoms with Crippen molar-refractivity contribution in [1.29, 1.82) is 0 Å². The van der Waals surface area contributed by atoms with Gasteiger partial charge in [0.1, 0.15) is 0 Å². The van der Waals surface area contributed by atoms with Crippen LogP contribution in [0.15, 0.2) is 24.3 Å². The Balaban J connectivity index is 1.43. The summed E-state index contributed by atoms with van der Waals surface area (Å²) < 4.78 is 5.46. The normalized spacial score (nSPS) is 25.1. The zero-order valence-electron chi connectivity index (χ0n) is 11.9. The van der Waals surface area contributed by atoms with Crippen LogP contribution in [0.1, 0.15) is 12.0 Å². The van der Waals surface area contributed by atoms with Gasteiger partial charge in [-0.1, -0.05) is 23.7 Å². The lowest BCUT2D eigenvalue weighted by atomic mass is 10.1. The van der Waals surface area contributed by atoms with Crippen LogP contribution in [0.5, 0.6) is 0 Å². The van der Waals surface area contributed by atoms with Crippen molar-refractivity contribution in [2.45, 2.75) is 13.0 Å². The first-order chi connectivity index (χ1) is 9.79. The lowest BCUT2D eigenvalue weighted by Crippen LogP contribution is -2.47. The third-order valence-corrected chi connectivity index (χ3v) is 4.54. The second kappa shape index (κ2) is 6.90. The molecule has 1 unspecified atom stereocenters. The van der Waals surface area contributed by atoms with Crippen molar-refractivity contribution >= 4 is 11.6 Å². The Bertz CT molecular complexity index is 426. The summed E-state index contributed by atoms with van der Waals surface area (Å²) in [6.45, 7) is 8.81. The molecule has 0 saturated carbocycles. The van der Waals surface area contributed by atoms with Gasteiger partial charge in [0, 0.05) is 50.9 Å². The molecule has 2 fully saturated rings. The van der Waals surface area contributed by atoms with Crippen LogP contribution in [0.2, 0.25) is 5.02 Å². The molecule has 1 aromatic carbocycles. The molecule has 3 rings (SSSR count). The van der Waals surface area contributed by atoms with E-state index in [1.54, 1.807) is 0 Å². The van der Waals surface area contributed by atoms with Crippen LogP contribution in [-0.4, -0.2) is 55.7 Å². The number of benzene rings is 1. The number of hydrogen-bond acceptors (Lipinski definition) is 3. The molecule has 0 aromatic heterocycles. The number of rotatable bonds is 4. The Hall–Kier alpha value is -0.610. The van der Waals surface area contributed by atoms with Crippen LogP contribution in [0.3, 0.4) is 0 Å². The van der Waals surface area contributed by atoms with E-state index < -0.39 is 0 Å². The third kappa shape index (κ3) is 3.95. The summed E-state index contributed by atoms with van der Waals surface area (Å²) in [5, 5.41) is 0.836. The summed E-state index contributed by atoms with van der Waals surface area (Å²) in [5.41, 5.74) is 1.31. The smallest absolute Gasteiger partial charge is 0.0507 e. The highest BCUT2D eigenvalue weighted by Crippen LogP contribution is 2.17. The van der Waals surface area contributed by atoms with Crippen LogP contribution in [0.25, 0.3) is 0 Å². The monoisotopic (exact) mass is 294 g/mol. The van der Waals surface area contributed by atoms with Gasteiger partial charge in [-0.15, -0.1) is 0 Å². The Morgan fingerprint density at radius 2 is 1.95 bits per heavy atom. The highest BCUT2D eigenvalue weighted by atomic mass is 35.5. The summed E-state index contributed by atoms with van der Waals surface area (Å²) >= 11 is 6.04. The predicted octanol–water partition coefficient (Wildman–Crippen LogP) is 2.49. The van der Waals surface area contributed by atoms with Crippen molar-refractivity contribution in [2.75, 3.05) is 45.9 Å². The molecule has 2 heterocycles. The summed E-state index contributed by atoms with van der Waals surface area (Å²) in [5.74, 6) is 0.759. The molecule has 3 nitrogen and oxygen atoms in total. The predicted molar refractivity (Wildman–Crippen MR) is 82.1 cm³/mol. The van der Waals surface area contributed by atoms with Gasteiger partial charge in [0.25, 0.3) is 0 Å². The van der Waals surface area contributed by atoms with Gasteiger partial charge in [-0.05, 0) is 30.0 Å². The number of ether oxygens (including phenoxy) is 1. The minimum absolute atomic E-state index is 0.759. The molecule has 0 N–H and O–H groups in total. The molecule has 2 saturated heterocycles. The van der Waals surface area contributed by atoms with Gasteiger partial charge >= 0.3 is 0 Å². The zero-order chi connectivity index (χ0) is 13.8. The first kappa shape index (κ1) is 14.3. The maximum absolute atomic E-state index is 6.04. The topological polar surface area (TPSA) is 15.7 Å². The van der Waals surface area contributed by atoms with Crippen molar-refractivity contribution in [1.82, 2.24) is 9.80 Å². The molecule has 0 bridgehead atoms. The molecule has 20 heavy (non-hydrogen) atoms. The van der Waals surface area contributed by atoms with Crippen molar-refractivity contribution in [3.8, 4) is 0 Å².